The fourth-order valence-electron chi connectivity index (χ4n) is 10.3. The summed E-state index contributed by atoms with van der Waals surface area (Å²) in [5.74, 6) is 0. The van der Waals surface area contributed by atoms with Gasteiger partial charge in [-0.3, -0.25) is 0 Å². The highest BCUT2D eigenvalue weighted by Gasteiger charge is 2.36. The first-order valence-electron chi connectivity index (χ1n) is 21.3. The monoisotopic (exact) mass is 778 g/mol. The summed E-state index contributed by atoms with van der Waals surface area (Å²) < 4.78 is 2.42. The third-order valence-electron chi connectivity index (χ3n) is 13.1. The van der Waals surface area contributed by atoms with E-state index in [4.69, 9.17) is 0 Å². The lowest BCUT2D eigenvalue weighted by Gasteiger charge is -2.31. The number of benzene rings is 10. The molecule has 0 N–H and O–H groups in total. The summed E-state index contributed by atoms with van der Waals surface area (Å²) in [4.78, 5) is 2.50. The number of nitrogens with zero attached hydrogens (tertiary/aromatic N) is 2. The van der Waals surface area contributed by atoms with Crippen molar-refractivity contribution in [2.24, 2.45) is 0 Å². The Hall–Kier alpha value is -7.68. The fourth-order valence-corrected chi connectivity index (χ4v) is 10.3. The van der Waals surface area contributed by atoms with Gasteiger partial charge in [-0.15, -0.1) is 0 Å². The van der Waals surface area contributed by atoms with Gasteiger partial charge in [-0.2, -0.15) is 0 Å². The van der Waals surface area contributed by atoms with Gasteiger partial charge in [0.15, 0.2) is 0 Å². The Balaban J connectivity index is 1.14. The van der Waals surface area contributed by atoms with Gasteiger partial charge in [0.1, 0.15) is 0 Å². The van der Waals surface area contributed by atoms with E-state index in [0.29, 0.717) is 0 Å². The van der Waals surface area contributed by atoms with E-state index in [0.717, 1.165) is 22.7 Å². The number of anilines is 3. The number of hydrogen-bond acceptors (Lipinski definition) is 1. The highest BCUT2D eigenvalue weighted by molar-refractivity contribution is 6.10. The van der Waals surface area contributed by atoms with Crippen molar-refractivity contribution in [1.82, 2.24) is 4.57 Å². The van der Waals surface area contributed by atoms with Crippen LogP contribution < -0.4 is 4.90 Å². The van der Waals surface area contributed by atoms with Gasteiger partial charge in [0.2, 0.25) is 0 Å². The Bertz CT molecular complexity index is 3460. The van der Waals surface area contributed by atoms with Gasteiger partial charge in [0.05, 0.1) is 22.4 Å². The second kappa shape index (κ2) is 13.7. The highest BCUT2D eigenvalue weighted by Crippen LogP contribution is 2.53. The molecule has 61 heavy (non-hydrogen) atoms. The molecule has 288 valence electrons. The number of para-hydroxylation sites is 2. The van der Waals surface area contributed by atoms with Gasteiger partial charge in [0.25, 0.3) is 0 Å². The van der Waals surface area contributed by atoms with Crippen LogP contribution in [0.4, 0.5) is 17.1 Å². The van der Waals surface area contributed by atoms with E-state index >= 15 is 0 Å². The van der Waals surface area contributed by atoms with E-state index in [9.17, 15) is 0 Å². The smallest absolute Gasteiger partial charge is 0.0546 e. The van der Waals surface area contributed by atoms with Crippen molar-refractivity contribution in [3.05, 3.63) is 230 Å². The predicted molar refractivity (Wildman–Crippen MR) is 259 cm³/mol. The number of hydrogen-bond donors (Lipinski definition) is 0. The average molecular weight is 779 g/mol. The van der Waals surface area contributed by atoms with Crippen LogP contribution in [0.1, 0.15) is 25.0 Å². The van der Waals surface area contributed by atoms with Crippen LogP contribution in [-0.4, -0.2) is 4.57 Å². The van der Waals surface area contributed by atoms with Crippen LogP contribution in [0.25, 0.3) is 82.4 Å². The standard InChI is InChI=1S/C59H42N2/c1-59(2)52-34-33-43(36-50(52)51-35-41-20-6-7-21-42(41)37-53(51)59)58-47(40-17-4-3-5-18-40)28-16-32-57(58)61(54-31-14-22-39-19-8-9-25-46(39)54)45-24-15-23-44(38-45)60-55-29-12-10-26-48(55)49-27-11-13-30-56(49)60/h3-38H,1-2H3. The Morgan fingerprint density at radius 2 is 0.967 bits per heavy atom. The van der Waals surface area contributed by atoms with Crippen LogP contribution in [0, 0.1) is 0 Å². The molecule has 0 radical (unpaired) electrons. The van der Waals surface area contributed by atoms with E-state index < -0.39 is 0 Å². The summed E-state index contributed by atoms with van der Waals surface area (Å²) in [6.07, 6.45) is 0. The Morgan fingerprint density at radius 3 is 1.74 bits per heavy atom. The van der Waals surface area contributed by atoms with Crippen molar-refractivity contribution in [2.75, 3.05) is 4.90 Å². The summed E-state index contributed by atoms with van der Waals surface area (Å²) in [6, 6.07) is 80.6. The van der Waals surface area contributed by atoms with Gasteiger partial charge < -0.3 is 9.47 Å². The summed E-state index contributed by atoms with van der Waals surface area (Å²) in [5, 5.41) is 7.45. The SMILES string of the molecule is CC1(C)c2ccc(-c3c(-c4ccccc4)cccc3N(c3cccc(-n4c5ccccc5c5ccccc54)c3)c3cccc4ccccc34)cc2-c2cc3ccccc3cc21. The minimum absolute atomic E-state index is 0.128. The van der Waals surface area contributed by atoms with E-state index in [-0.39, 0.29) is 5.41 Å². The van der Waals surface area contributed by atoms with Crippen molar-refractivity contribution in [2.45, 2.75) is 19.3 Å². The minimum Gasteiger partial charge on any atom is -0.309 e. The first-order valence-corrected chi connectivity index (χ1v) is 21.3. The lowest BCUT2D eigenvalue weighted by molar-refractivity contribution is 0.661. The van der Waals surface area contributed by atoms with Crippen molar-refractivity contribution in [1.29, 1.82) is 0 Å². The lowest BCUT2D eigenvalue weighted by atomic mass is 9.81. The van der Waals surface area contributed by atoms with Crippen LogP contribution in [0.3, 0.4) is 0 Å². The predicted octanol–water partition coefficient (Wildman–Crippen LogP) is 16.2. The van der Waals surface area contributed by atoms with Crippen LogP contribution in [0.15, 0.2) is 218 Å². The van der Waals surface area contributed by atoms with E-state index in [2.05, 4.69) is 242 Å². The molecular weight excluding hydrogens is 737 g/mol. The maximum absolute atomic E-state index is 2.50. The van der Waals surface area contributed by atoms with Gasteiger partial charge in [-0.1, -0.05) is 172 Å². The van der Waals surface area contributed by atoms with Crippen molar-refractivity contribution < 1.29 is 0 Å². The maximum Gasteiger partial charge on any atom is 0.0546 e. The largest absolute Gasteiger partial charge is 0.309 e. The second-order valence-corrected chi connectivity index (χ2v) is 16.9. The molecule has 0 unspecified atom stereocenters. The summed E-state index contributed by atoms with van der Waals surface area (Å²) in [6.45, 7) is 4.75. The second-order valence-electron chi connectivity index (χ2n) is 16.9. The third kappa shape index (κ3) is 5.49. The molecule has 12 rings (SSSR count). The lowest BCUT2D eigenvalue weighted by Crippen LogP contribution is -2.15. The molecule has 2 nitrogen and oxygen atoms in total. The molecule has 0 spiro atoms. The zero-order valence-corrected chi connectivity index (χ0v) is 34.2. The molecule has 0 aliphatic heterocycles. The van der Waals surface area contributed by atoms with Gasteiger partial charge in [-0.05, 0) is 116 Å². The molecule has 1 heterocycles. The molecule has 2 heteroatoms. The van der Waals surface area contributed by atoms with Gasteiger partial charge in [-0.25, -0.2) is 0 Å². The molecule has 0 saturated carbocycles. The third-order valence-corrected chi connectivity index (χ3v) is 13.1. The Morgan fingerprint density at radius 1 is 0.377 bits per heavy atom. The molecular formula is C59H42N2. The molecule has 0 bridgehead atoms. The Labute approximate surface area is 356 Å². The number of fused-ring (bicyclic) bond motifs is 8. The molecule has 1 aliphatic carbocycles. The maximum atomic E-state index is 2.50. The molecule has 1 aromatic heterocycles. The van der Waals surface area contributed by atoms with E-state index in [1.807, 2.05) is 0 Å². The van der Waals surface area contributed by atoms with Crippen molar-refractivity contribution in [3.63, 3.8) is 0 Å². The molecule has 0 fully saturated rings. The van der Waals surface area contributed by atoms with Gasteiger partial charge in [0, 0.05) is 38.5 Å². The fraction of sp³-hybridized carbons (Fsp3) is 0.0508. The van der Waals surface area contributed by atoms with Crippen LogP contribution in [-0.2, 0) is 5.41 Å². The number of aromatic nitrogens is 1. The van der Waals surface area contributed by atoms with Crippen LogP contribution >= 0.6 is 0 Å². The Kier molecular flexibility index (Phi) is 7.92. The summed E-state index contributed by atoms with van der Waals surface area (Å²) >= 11 is 0. The van der Waals surface area contributed by atoms with Crippen LogP contribution in [0.2, 0.25) is 0 Å². The minimum atomic E-state index is -0.128. The quantitative estimate of drug-likeness (QED) is 0.163. The van der Waals surface area contributed by atoms with Gasteiger partial charge >= 0.3 is 0 Å². The molecule has 10 aromatic carbocycles. The van der Waals surface area contributed by atoms with E-state index in [1.165, 1.54) is 87.9 Å². The summed E-state index contributed by atoms with van der Waals surface area (Å²) in [5.41, 5.74) is 16.8. The van der Waals surface area contributed by atoms with E-state index in [1.54, 1.807) is 0 Å². The normalized spacial score (nSPS) is 12.9. The summed E-state index contributed by atoms with van der Waals surface area (Å²) in [7, 11) is 0. The molecule has 0 atom stereocenters. The van der Waals surface area contributed by atoms with Crippen molar-refractivity contribution in [3.8, 4) is 39.1 Å². The van der Waals surface area contributed by atoms with Crippen molar-refractivity contribution >= 4 is 60.4 Å². The molecule has 1 aliphatic rings. The highest BCUT2D eigenvalue weighted by atomic mass is 15.1. The average Bonchev–Trinajstić information content (AvgIpc) is 3.76. The molecule has 0 saturated heterocycles. The first kappa shape index (κ1) is 35.3. The van der Waals surface area contributed by atoms with Crippen LogP contribution in [0.5, 0.6) is 0 Å². The first-order chi connectivity index (χ1) is 30.0. The zero-order valence-electron chi connectivity index (χ0n) is 34.2. The molecule has 0 amide bonds. The topological polar surface area (TPSA) is 8.17 Å². The zero-order chi connectivity index (χ0) is 40.7. The molecule has 11 aromatic rings. The number of rotatable bonds is 6.